The Labute approximate surface area is 183 Å². The molecule has 2 aromatic carbocycles. The fraction of sp³-hybridized carbons (Fsp3) is 0.360. The van der Waals surface area contributed by atoms with Crippen molar-refractivity contribution in [1.29, 1.82) is 0 Å². The number of rotatable bonds is 6. The van der Waals surface area contributed by atoms with E-state index in [-0.39, 0.29) is 12.1 Å². The van der Waals surface area contributed by atoms with E-state index in [1.165, 1.54) is 11.1 Å². The van der Waals surface area contributed by atoms with Crippen LogP contribution < -0.4 is 10.1 Å². The summed E-state index contributed by atoms with van der Waals surface area (Å²) in [6.45, 7) is 6.22. The summed E-state index contributed by atoms with van der Waals surface area (Å²) in [5.41, 5.74) is 4.58. The molecule has 6 nitrogen and oxygen atoms in total. The molecule has 6 heteroatoms. The van der Waals surface area contributed by atoms with Gasteiger partial charge < -0.3 is 15.0 Å². The van der Waals surface area contributed by atoms with Gasteiger partial charge in [-0.1, -0.05) is 24.3 Å². The molecule has 1 aliphatic rings. The monoisotopic (exact) mass is 418 g/mol. The topological polar surface area (TPSA) is 59.4 Å². The standard InChI is InChI=1S/C25H30N4O2/c1-19-4-5-20(2)24(18-19)31-23-11-16-28(17-12-23)25(30)26-14-10-21-6-8-22(9-7-21)29-15-3-13-27-29/h3-9,13,15,18,23H,10-12,14,16-17H2,1-2H3,(H,26,30). The second kappa shape index (κ2) is 9.69. The molecule has 1 N–H and O–H groups in total. The number of hydrogen-bond acceptors (Lipinski definition) is 3. The number of carbonyl (C=O) groups excluding carboxylic acids is 1. The van der Waals surface area contributed by atoms with E-state index in [2.05, 4.69) is 54.6 Å². The SMILES string of the molecule is Cc1ccc(C)c(OC2CCN(C(=O)NCCc3ccc(-n4cccn4)cc3)CC2)c1. The minimum Gasteiger partial charge on any atom is -0.490 e. The van der Waals surface area contributed by atoms with Crippen LogP contribution in [0.25, 0.3) is 5.69 Å². The highest BCUT2D eigenvalue weighted by atomic mass is 16.5. The Bertz CT molecular complexity index is 991. The third kappa shape index (κ3) is 5.45. The van der Waals surface area contributed by atoms with Crippen LogP contribution in [0.3, 0.4) is 0 Å². The first-order valence-electron chi connectivity index (χ1n) is 10.9. The van der Waals surface area contributed by atoms with Crippen molar-refractivity contribution in [2.75, 3.05) is 19.6 Å². The second-order valence-electron chi connectivity index (χ2n) is 8.17. The van der Waals surface area contributed by atoms with Crippen molar-refractivity contribution in [3.63, 3.8) is 0 Å². The van der Waals surface area contributed by atoms with Gasteiger partial charge in [0.1, 0.15) is 11.9 Å². The number of amides is 2. The van der Waals surface area contributed by atoms with Gasteiger partial charge >= 0.3 is 6.03 Å². The van der Waals surface area contributed by atoms with E-state index in [0.29, 0.717) is 6.54 Å². The Balaban J connectivity index is 1.19. The van der Waals surface area contributed by atoms with Crippen LogP contribution in [0.1, 0.15) is 29.5 Å². The lowest BCUT2D eigenvalue weighted by molar-refractivity contribution is 0.110. The summed E-state index contributed by atoms with van der Waals surface area (Å²) in [4.78, 5) is 14.4. The largest absolute Gasteiger partial charge is 0.490 e. The highest BCUT2D eigenvalue weighted by molar-refractivity contribution is 5.74. The van der Waals surface area contributed by atoms with Crippen LogP contribution in [0.15, 0.2) is 60.9 Å². The number of likely N-dealkylation sites (tertiary alicyclic amines) is 1. The molecule has 31 heavy (non-hydrogen) atoms. The molecule has 1 saturated heterocycles. The maximum absolute atomic E-state index is 12.5. The zero-order valence-electron chi connectivity index (χ0n) is 18.3. The van der Waals surface area contributed by atoms with Gasteiger partial charge in [-0.3, -0.25) is 0 Å². The number of nitrogens with one attached hydrogen (secondary N) is 1. The molecule has 0 atom stereocenters. The van der Waals surface area contributed by atoms with E-state index in [1.54, 1.807) is 6.20 Å². The van der Waals surface area contributed by atoms with Crippen molar-refractivity contribution in [2.24, 2.45) is 0 Å². The Hall–Kier alpha value is -3.28. The number of hydrogen-bond donors (Lipinski definition) is 1. The van der Waals surface area contributed by atoms with Crippen molar-refractivity contribution in [3.8, 4) is 11.4 Å². The predicted octanol–water partition coefficient (Wildman–Crippen LogP) is 4.28. The van der Waals surface area contributed by atoms with Gasteiger partial charge in [-0.2, -0.15) is 5.10 Å². The molecule has 2 heterocycles. The fourth-order valence-corrected chi connectivity index (χ4v) is 3.85. The fourth-order valence-electron chi connectivity index (χ4n) is 3.85. The van der Waals surface area contributed by atoms with Gasteiger partial charge in [0.25, 0.3) is 0 Å². The van der Waals surface area contributed by atoms with Crippen LogP contribution in [0.4, 0.5) is 4.79 Å². The van der Waals surface area contributed by atoms with Gasteiger partial charge in [-0.25, -0.2) is 9.48 Å². The molecule has 0 aliphatic carbocycles. The summed E-state index contributed by atoms with van der Waals surface area (Å²) in [5, 5.41) is 7.29. The molecular weight excluding hydrogens is 388 g/mol. The normalized spacial score (nSPS) is 14.5. The number of benzene rings is 2. The highest BCUT2D eigenvalue weighted by Crippen LogP contribution is 2.24. The number of aryl methyl sites for hydroxylation is 2. The average Bonchev–Trinajstić information content (AvgIpc) is 3.32. The van der Waals surface area contributed by atoms with Crippen molar-refractivity contribution >= 4 is 6.03 Å². The Morgan fingerprint density at radius 3 is 2.61 bits per heavy atom. The summed E-state index contributed by atoms with van der Waals surface area (Å²) >= 11 is 0. The molecule has 162 valence electrons. The number of ether oxygens (including phenoxy) is 1. The molecule has 1 fully saturated rings. The number of aromatic nitrogens is 2. The van der Waals surface area contributed by atoms with E-state index in [1.807, 2.05) is 34.0 Å². The molecule has 0 bridgehead atoms. The summed E-state index contributed by atoms with van der Waals surface area (Å²) in [6.07, 6.45) is 6.37. The van der Waals surface area contributed by atoms with Crippen molar-refractivity contribution < 1.29 is 9.53 Å². The number of urea groups is 1. The first kappa shape index (κ1) is 21.0. The zero-order valence-corrected chi connectivity index (χ0v) is 18.3. The molecule has 4 rings (SSSR count). The molecule has 2 amide bonds. The lowest BCUT2D eigenvalue weighted by Gasteiger charge is -2.32. The van der Waals surface area contributed by atoms with E-state index in [0.717, 1.165) is 49.4 Å². The summed E-state index contributed by atoms with van der Waals surface area (Å²) in [5.74, 6) is 0.960. The Kier molecular flexibility index (Phi) is 6.55. The minimum absolute atomic E-state index is 0.0124. The minimum atomic E-state index is 0.0124. The molecule has 1 aliphatic heterocycles. The molecule has 0 radical (unpaired) electrons. The smallest absolute Gasteiger partial charge is 0.317 e. The van der Waals surface area contributed by atoms with Gasteiger partial charge in [0.15, 0.2) is 0 Å². The molecule has 0 unspecified atom stereocenters. The molecular formula is C25H30N4O2. The van der Waals surface area contributed by atoms with Gasteiger partial charge in [0.2, 0.25) is 0 Å². The van der Waals surface area contributed by atoms with Gasteiger partial charge in [-0.05, 0) is 61.2 Å². The lowest BCUT2D eigenvalue weighted by atomic mass is 10.1. The first-order chi connectivity index (χ1) is 15.1. The van der Waals surface area contributed by atoms with Gasteiger partial charge in [-0.15, -0.1) is 0 Å². The molecule has 1 aromatic heterocycles. The predicted molar refractivity (Wildman–Crippen MR) is 122 cm³/mol. The van der Waals surface area contributed by atoms with Gasteiger partial charge in [0.05, 0.1) is 5.69 Å². The van der Waals surface area contributed by atoms with Crippen LogP contribution in [0.2, 0.25) is 0 Å². The Morgan fingerprint density at radius 2 is 1.90 bits per heavy atom. The summed E-state index contributed by atoms with van der Waals surface area (Å²) in [6, 6.07) is 16.5. The van der Waals surface area contributed by atoms with E-state index in [9.17, 15) is 4.79 Å². The van der Waals surface area contributed by atoms with E-state index >= 15 is 0 Å². The van der Waals surface area contributed by atoms with Crippen LogP contribution in [-0.4, -0.2) is 46.4 Å². The number of nitrogens with zero attached hydrogens (tertiary/aromatic N) is 3. The third-order valence-electron chi connectivity index (χ3n) is 5.76. The quantitative estimate of drug-likeness (QED) is 0.650. The van der Waals surface area contributed by atoms with Crippen molar-refractivity contribution in [3.05, 3.63) is 77.6 Å². The summed E-state index contributed by atoms with van der Waals surface area (Å²) < 4.78 is 8.04. The molecule has 3 aromatic rings. The second-order valence-corrected chi connectivity index (χ2v) is 8.17. The maximum atomic E-state index is 12.5. The van der Waals surface area contributed by atoms with Crippen LogP contribution in [0.5, 0.6) is 5.75 Å². The third-order valence-corrected chi connectivity index (χ3v) is 5.76. The average molecular weight is 419 g/mol. The Morgan fingerprint density at radius 1 is 1.13 bits per heavy atom. The zero-order chi connectivity index (χ0) is 21.6. The molecule has 0 saturated carbocycles. The van der Waals surface area contributed by atoms with Crippen molar-refractivity contribution in [2.45, 2.75) is 39.2 Å². The van der Waals surface area contributed by atoms with Crippen LogP contribution in [0, 0.1) is 13.8 Å². The number of carbonyl (C=O) groups is 1. The molecule has 0 spiro atoms. The number of piperidine rings is 1. The van der Waals surface area contributed by atoms with Gasteiger partial charge in [0, 0.05) is 44.9 Å². The van der Waals surface area contributed by atoms with E-state index in [4.69, 9.17) is 4.74 Å². The maximum Gasteiger partial charge on any atom is 0.317 e. The van der Waals surface area contributed by atoms with Crippen LogP contribution >= 0.6 is 0 Å². The van der Waals surface area contributed by atoms with Crippen LogP contribution in [-0.2, 0) is 6.42 Å². The van der Waals surface area contributed by atoms with E-state index < -0.39 is 0 Å². The lowest BCUT2D eigenvalue weighted by Crippen LogP contribution is -2.46. The van der Waals surface area contributed by atoms with Crippen molar-refractivity contribution in [1.82, 2.24) is 20.0 Å². The highest BCUT2D eigenvalue weighted by Gasteiger charge is 2.24. The summed E-state index contributed by atoms with van der Waals surface area (Å²) in [7, 11) is 0. The first-order valence-corrected chi connectivity index (χ1v) is 10.9.